The summed E-state index contributed by atoms with van der Waals surface area (Å²) in [5.41, 5.74) is 4.92. The van der Waals surface area contributed by atoms with Crippen LogP contribution in [0.5, 0.6) is 0 Å². The summed E-state index contributed by atoms with van der Waals surface area (Å²) in [4.78, 5) is 25.5. The second-order valence-electron chi connectivity index (χ2n) is 6.34. The van der Waals surface area contributed by atoms with Crippen molar-refractivity contribution in [1.82, 2.24) is 5.32 Å². The smallest absolute Gasteiger partial charge is 0.344 e. The molecule has 0 aliphatic carbocycles. The summed E-state index contributed by atoms with van der Waals surface area (Å²) in [6.45, 7) is 3.77. The van der Waals surface area contributed by atoms with Gasteiger partial charge in [0, 0.05) is 5.56 Å². The lowest BCUT2D eigenvalue weighted by Gasteiger charge is -2.20. The molecule has 0 aliphatic rings. The van der Waals surface area contributed by atoms with Crippen molar-refractivity contribution >= 4 is 11.9 Å². The zero-order chi connectivity index (χ0) is 20.5. The number of rotatable bonds is 7. The van der Waals surface area contributed by atoms with Crippen LogP contribution >= 0.6 is 0 Å². The Balaban J connectivity index is 1.82. The summed E-state index contributed by atoms with van der Waals surface area (Å²) in [5, 5.41) is 2.90. The van der Waals surface area contributed by atoms with E-state index in [0.717, 1.165) is 11.1 Å². The minimum absolute atomic E-state index is 0.124. The van der Waals surface area contributed by atoms with Gasteiger partial charge in [0.2, 0.25) is 0 Å². The quantitative estimate of drug-likeness (QED) is 0.368. The summed E-state index contributed by atoms with van der Waals surface area (Å²) in [7, 11) is 0. The molecule has 0 saturated carbocycles. The molecule has 0 aromatic heterocycles. The van der Waals surface area contributed by atoms with E-state index >= 15 is 0 Å². The Morgan fingerprint density at radius 2 is 1.41 bits per heavy atom. The standard InChI is InChI=1S/C25H21NO3/c1-2-22(25(28)29-18-19-12-6-3-7-13-19)23(20-14-8-4-9-15-20)26-24(27)21-16-10-5-11-17-21/h3-17,23H,1,18H2,(H,26,27)/t23-/m0/s1. The largest absolute Gasteiger partial charge is 0.457 e. The van der Waals surface area contributed by atoms with Gasteiger partial charge in [-0.25, -0.2) is 4.79 Å². The van der Waals surface area contributed by atoms with Crippen LogP contribution in [-0.4, -0.2) is 11.9 Å². The number of nitrogens with one attached hydrogen (secondary N) is 1. The van der Waals surface area contributed by atoms with Gasteiger partial charge in [0.05, 0.1) is 6.04 Å². The Kier molecular flexibility index (Phi) is 6.77. The first kappa shape index (κ1) is 19.9. The van der Waals surface area contributed by atoms with Gasteiger partial charge in [-0.2, -0.15) is 0 Å². The number of esters is 1. The minimum atomic E-state index is -0.732. The molecule has 4 nitrogen and oxygen atoms in total. The zero-order valence-corrected chi connectivity index (χ0v) is 15.9. The predicted octanol–water partition coefficient (Wildman–Crippen LogP) is 4.61. The summed E-state index contributed by atoms with van der Waals surface area (Å²) < 4.78 is 5.44. The van der Waals surface area contributed by atoms with Gasteiger partial charge < -0.3 is 10.1 Å². The Morgan fingerprint density at radius 1 is 0.862 bits per heavy atom. The first-order valence-electron chi connectivity index (χ1n) is 9.21. The summed E-state index contributed by atoms with van der Waals surface area (Å²) >= 11 is 0. The molecule has 3 aromatic carbocycles. The van der Waals surface area contributed by atoms with Gasteiger partial charge in [0.25, 0.3) is 5.91 Å². The maximum Gasteiger partial charge on any atom is 0.344 e. The van der Waals surface area contributed by atoms with Crippen molar-refractivity contribution < 1.29 is 14.3 Å². The molecule has 0 aliphatic heterocycles. The molecule has 3 aromatic rings. The molecule has 1 atom stereocenters. The molecule has 0 unspecified atom stereocenters. The van der Waals surface area contributed by atoms with Crippen LogP contribution in [0.3, 0.4) is 0 Å². The molecular formula is C25H21NO3. The van der Waals surface area contributed by atoms with Gasteiger partial charge in [-0.3, -0.25) is 4.79 Å². The van der Waals surface area contributed by atoms with E-state index in [1.807, 2.05) is 66.7 Å². The highest BCUT2D eigenvalue weighted by Crippen LogP contribution is 2.23. The van der Waals surface area contributed by atoms with Crippen LogP contribution in [0.25, 0.3) is 0 Å². The molecule has 0 saturated heterocycles. The second-order valence-corrected chi connectivity index (χ2v) is 6.34. The van der Waals surface area contributed by atoms with E-state index in [4.69, 9.17) is 4.74 Å². The number of benzene rings is 3. The summed E-state index contributed by atoms with van der Waals surface area (Å²) in [5.74, 6) is -0.880. The third kappa shape index (κ3) is 5.32. The molecule has 0 radical (unpaired) electrons. The van der Waals surface area contributed by atoms with Gasteiger partial charge in [0.1, 0.15) is 12.2 Å². The van der Waals surface area contributed by atoms with E-state index in [1.165, 1.54) is 0 Å². The van der Waals surface area contributed by atoms with E-state index in [9.17, 15) is 9.59 Å². The summed E-state index contributed by atoms with van der Waals surface area (Å²) in [6, 6.07) is 26.7. The Labute approximate surface area is 170 Å². The van der Waals surface area contributed by atoms with Crippen molar-refractivity contribution in [3.63, 3.8) is 0 Å². The second kappa shape index (κ2) is 9.88. The van der Waals surface area contributed by atoms with Gasteiger partial charge in [0.15, 0.2) is 0 Å². The number of hydrogen-bond donors (Lipinski definition) is 1. The normalized spacial score (nSPS) is 11.0. The third-order valence-corrected chi connectivity index (χ3v) is 4.36. The highest BCUT2D eigenvalue weighted by Gasteiger charge is 2.26. The molecule has 144 valence electrons. The van der Waals surface area contributed by atoms with Crippen molar-refractivity contribution in [2.45, 2.75) is 12.6 Å². The molecule has 0 spiro atoms. The Hall–Kier alpha value is -3.88. The van der Waals surface area contributed by atoms with E-state index in [-0.39, 0.29) is 18.1 Å². The first-order valence-corrected chi connectivity index (χ1v) is 9.21. The van der Waals surface area contributed by atoms with Crippen molar-refractivity contribution in [2.24, 2.45) is 0 Å². The number of carbonyl (C=O) groups excluding carboxylic acids is 2. The van der Waals surface area contributed by atoms with Crippen molar-refractivity contribution in [3.05, 3.63) is 126 Å². The molecule has 4 heteroatoms. The van der Waals surface area contributed by atoms with Gasteiger partial charge >= 0.3 is 5.97 Å². The van der Waals surface area contributed by atoms with Gasteiger partial charge in [-0.05, 0) is 23.3 Å². The fourth-order valence-corrected chi connectivity index (χ4v) is 2.86. The minimum Gasteiger partial charge on any atom is -0.457 e. The molecular weight excluding hydrogens is 362 g/mol. The molecule has 29 heavy (non-hydrogen) atoms. The monoisotopic (exact) mass is 383 g/mol. The molecule has 1 N–H and O–H groups in total. The maximum absolute atomic E-state index is 12.8. The summed E-state index contributed by atoms with van der Waals surface area (Å²) in [6.07, 6.45) is 0. The molecule has 1 amide bonds. The predicted molar refractivity (Wildman–Crippen MR) is 112 cm³/mol. The van der Waals surface area contributed by atoms with Crippen molar-refractivity contribution in [2.75, 3.05) is 0 Å². The lowest BCUT2D eigenvalue weighted by atomic mass is 9.98. The van der Waals surface area contributed by atoms with E-state index in [0.29, 0.717) is 5.56 Å². The van der Waals surface area contributed by atoms with Crippen LogP contribution in [0.1, 0.15) is 27.5 Å². The third-order valence-electron chi connectivity index (χ3n) is 4.36. The van der Waals surface area contributed by atoms with E-state index < -0.39 is 12.0 Å². The molecule has 0 fully saturated rings. The fraction of sp³-hybridized carbons (Fsp3) is 0.0800. The fourth-order valence-electron chi connectivity index (χ4n) is 2.86. The molecule has 0 heterocycles. The SMILES string of the molecule is C=C=C(C(=O)OCc1ccccc1)[C@@H](NC(=O)c1ccccc1)c1ccccc1. The van der Waals surface area contributed by atoms with Crippen molar-refractivity contribution in [1.29, 1.82) is 0 Å². The van der Waals surface area contributed by atoms with Crippen molar-refractivity contribution in [3.8, 4) is 0 Å². The molecule has 0 bridgehead atoms. The van der Waals surface area contributed by atoms with E-state index in [2.05, 4.69) is 17.6 Å². The van der Waals surface area contributed by atoms with Crippen LogP contribution < -0.4 is 5.32 Å². The topological polar surface area (TPSA) is 55.4 Å². The number of carbonyl (C=O) groups is 2. The Bertz CT molecular complexity index is 1010. The van der Waals surface area contributed by atoms with Crippen LogP contribution in [0.2, 0.25) is 0 Å². The van der Waals surface area contributed by atoms with Crippen LogP contribution in [0.4, 0.5) is 0 Å². The first-order chi connectivity index (χ1) is 14.2. The number of hydrogen-bond acceptors (Lipinski definition) is 3. The van der Waals surface area contributed by atoms with Crippen LogP contribution in [-0.2, 0) is 16.1 Å². The van der Waals surface area contributed by atoms with E-state index in [1.54, 1.807) is 24.3 Å². The average Bonchev–Trinajstić information content (AvgIpc) is 2.79. The maximum atomic E-state index is 12.8. The zero-order valence-electron chi connectivity index (χ0n) is 15.9. The number of ether oxygens (including phenoxy) is 1. The highest BCUT2D eigenvalue weighted by molar-refractivity contribution is 5.96. The number of amides is 1. The van der Waals surface area contributed by atoms with Gasteiger partial charge in [-0.1, -0.05) is 85.4 Å². The van der Waals surface area contributed by atoms with Gasteiger partial charge in [-0.15, -0.1) is 5.73 Å². The van der Waals surface area contributed by atoms with Crippen LogP contribution in [0.15, 0.2) is 109 Å². The average molecular weight is 383 g/mol. The van der Waals surface area contributed by atoms with Crippen LogP contribution in [0, 0.1) is 0 Å². The highest BCUT2D eigenvalue weighted by atomic mass is 16.5. The Morgan fingerprint density at radius 3 is 2.00 bits per heavy atom. The lowest BCUT2D eigenvalue weighted by Crippen LogP contribution is -2.32. The molecule has 3 rings (SSSR count). The lowest BCUT2D eigenvalue weighted by molar-refractivity contribution is -0.140.